The molecule has 1 aliphatic heterocycles. The van der Waals surface area contributed by atoms with Gasteiger partial charge in [-0.15, -0.1) is 24.0 Å². The molecule has 0 spiro atoms. The van der Waals surface area contributed by atoms with Gasteiger partial charge in [0.15, 0.2) is 5.96 Å². The quantitative estimate of drug-likeness (QED) is 0.288. The molecule has 0 aliphatic carbocycles. The van der Waals surface area contributed by atoms with Crippen LogP contribution < -0.4 is 10.6 Å². The molecular formula is C22H36IN5O2. The first kappa shape index (κ1) is 24.7. The second-order valence-electron chi connectivity index (χ2n) is 7.52. The average molecular weight is 529 g/mol. The van der Waals surface area contributed by atoms with Gasteiger partial charge in [-0.05, 0) is 58.3 Å². The molecule has 1 fully saturated rings. The highest BCUT2D eigenvalue weighted by atomic mass is 127. The van der Waals surface area contributed by atoms with Crippen molar-refractivity contribution >= 4 is 29.9 Å². The monoisotopic (exact) mass is 529 g/mol. The van der Waals surface area contributed by atoms with Gasteiger partial charge in [-0.25, -0.2) is 4.99 Å². The summed E-state index contributed by atoms with van der Waals surface area (Å²) in [6.45, 7) is 12.6. The molecule has 2 aromatic rings. The van der Waals surface area contributed by atoms with Crippen LogP contribution in [0.1, 0.15) is 68.2 Å². The third-order valence-electron chi connectivity index (χ3n) is 5.48. The van der Waals surface area contributed by atoms with Crippen molar-refractivity contribution in [1.29, 1.82) is 0 Å². The Bertz CT molecular complexity index is 774. The lowest BCUT2D eigenvalue weighted by Gasteiger charge is -2.26. The smallest absolute Gasteiger partial charge is 0.191 e. The Morgan fingerprint density at radius 1 is 1.17 bits per heavy atom. The molecular weight excluding hydrogens is 493 g/mol. The second kappa shape index (κ2) is 12.3. The molecule has 30 heavy (non-hydrogen) atoms. The minimum atomic E-state index is 0. The summed E-state index contributed by atoms with van der Waals surface area (Å²) in [7, 11) is 0. The highest BCUT2D eigenvalue weighted by Gasteiger charge is 2.26. The summed E-state index contributed by atoms with van der Waals surface area (Å²) in [6.07, 6.45) is 4.18. The zero-order valence-electron chi connectivity index (χ0n) is 18.7. The van der Waals surface area contributed by atoms with E-state index in [1.165, 1.54) is 12.8 Å². The fourth-order valence-electron chi connectivity index (χ4n) is 3.91. The van der Waals surface area contributed by atoms with E-state index in [0.717, 1.165) is 73.5 Å². The first-order chi connectivity index (χ1) is 14.2. The number of nitrogens with one attached hydrogen (secondary N) is 2. The Hall–Kier alpha value is -1.55. The van der Waals surface area contributed by atoms with Crippen LogP contribution in [0, 0.1) is 6.92 Å². The number of likely N-dealkylation sites (tertiary alicyclic amines) is 1. The molecule has 2 aromatic heterocycles. The summed E-state index contributed by atoms with van der Waals surface area (Å²) in [5.41, 5.74) is 2.12. The van der Waals surface area contributed by atoms with E-state index >= 15 is 0 Å². The molecule has 1 aliphatic rings. The molecule has 2 N–H and O–H groups in total. The van der Waals surface area contributed by atoms with Crippen LogP contribution in [0.25, 0.3) is 0 Å². The van der Waals surface area contributed by atoms with Gasteiger partial charge in [0.25, 0.3) is 0 Å². The fraction of sp³-hybridized carbons (Fsp3) is 0.636. The van der Waals surface area contributed by atoms with E-state index in [0.29, 0.717) is 6.54 Å². The SMILES string of the molecule is CCNC(=NCc1c(CC)noc1CC)NCC(c1ccc(C)o1)N1CCCC1.I. The van der Waals surface area contributed by atoms with Crippen LogP contribution in [0.3, 0.4) is 0 Å². The van der Waals surface area contributed by atoms with Gasteiger partial charge in [-0.2, -0.15) is 0 Å². The molecule has 0 bridgehead atoms. The Kier molecular flexibility index (Phi) is 10.2. The summed E-state index contributed by atoms with van der Waals surface area (Å²) >= 11 is 0. The van der Waals surface area contributed by atoms with E-state index < -0.39 is 0 Å². The van der Waals surface area contributed by atoms with E-state index in [4.69, 9.17) is 13.9 Å². The van der Waals surface area contributed by atoms with Crippen LogP contribution in [-0.4, -0.2) is 42.2 Å². The van der Waals surface area contributed by atoms with Gasteiger partial charge in [-0.3, -0.25) is 4.90 Å². The molecule has 1 unspecified atom stereocenters. The largest absolute Gasteiger partial charge is 0.465 e. The van der Waals surface area contributed by atoms with Gasteiger partial charge in [0.1, 0.15) is 17.3 Å². The average Bonchev–Trinajstić information content (AvgIpc) is 3.47. The number of aliphatic imine (C=N–C) groups is 1. The topological polar surface area (TPSA) is 78.8 Å². The van der Waals surface area contributed by atoms with E-state index in [1.54, 1.807) is 0 Å². The maximum absolute atomic E-state index is 5.97. The summed E-state index contributed by atoms with van der Waals surface area (Å²) < 4.78 is 11.4. The highest BCUT2D eigenvalue weighted by molar-refractivity contribution is 14.0. The lowest BCUT2D eigenvalue weighted by molar-refractivity contribution is 0.213. The zero-order chi connectivity index (χ0) is 20.6. The number of furan rings is 1. The number of rotatable bonds is 9. The van der Waals surface area contributed by atoms with Gasteiger partial charge in [0.05, 0.1) is 18.3 Å². The van der Waals surface area contributed by atoms with Crippen LogP contribution in [0.2, 0.25) is 0 Å². The zero-order valence-corrected chi connectivity index (χ0v) is 21.0. The van der Waals surface area contributed by atoms with Crippen molar-refractivity contribution in [2.75, 3.05) is 26.2 Å². The lowest BCUT2D eigenvalue weighted by atomic mass is 10.1. The normalized spacial score (nSPS) is 15.8. The molecule has 1 atom stereocenters. The van der Waals surface area contributed by atoms with E-state index in [1.807, 2.05) is 13.0 Å². The molecule has 0 amide bonds. The number of hydrogen-bond donors (Lipinski definition) is 2. The lowest BCUT2D eigenvalue weighted by Crippen LogP contribution is -2.42. The van der Waals surface area contributed by atoms with Crippen molar-refractivity contribution in [2.45, 2.75) is 66.0 Å². The minimum absolute atomic E-state index is 0. The van der Waals surface area contributed by atoms with Crippen LogP contribution in [0.4, 0.5) is 0 Å². The third kappa shape index (κ3) is 6.23. The fourth-order valence-corrected chi connectivity index (χ4v) is 3.91. The molecule has 0 saturated carbocycles. The minimum Gasteiger partial charge on any atom is -0.465 e. The van der Waals surface area contributed by atoms with Crippen LogP contribution in [0.5, 0.6) is 0 Å². The van der Waals surface area contributed by atoms with E-state index in [2.05, 4.69) is 47.5 Å². The van der Waals surface area contributed by atoms with Crippen LogP contribution >= 0.6 is 24.0 Å². The van der Waals surface area contributed by atoms with Gasteiger partial charge in [0.2, 0.25) is 0 Å². The molecule has 8 heteroatoms. The predicted molar refractivity (Wildman–Crippen MR) is 130 cm³/mol. The summed E-state index contributed by atoms with van der Waals surface area (Å²) in [6, 6.07) is 4.35. The molecule has 7 nitrogen and oxygen atoms in total. The second-order valence-corrected chi connectivity index (χ2v) is 7.52. The number of hydrogen-bond acceptors (Lipinski definition) is 5. The van der Waals surface area contributed by atoms with Gasteiger partial charge in [-0.1, -0.05) is 19.0 Å². The maximum atomic E-state index is 5.97. The van der Waals surface area contributed by atoms with Crippen molar-refractivity contribution in [1.82, 2.24) is 20.7 Å². The number of guanidine groups is 1. The molecule has 3 rings (SSSR count). The Morgan fingerprint density at radius 2 is 1.93 bits per heavy atom. The number of nitrogens with zero attached hydrogens (tertiary/aromatic N) is 3. The number of aryl methyl sites for hydroxylation is 3. The summed E-state index contributed by atoms with van der Waals surface area (Å²) in [5.74, 6) is 3.72. The highest BCUT2D eigenvalue weighted by Crippen LogP contribution is 2.26. The van der Waals surface area contributed by atoms with Crippen LogP contribution in [-0.2, 0) is 19.4 Å². The first-order valence-electron chi connectivity index (χ1n) is 10.9. The van der Waals surface area contributed by atoms with Crippen LogP contribution in [0.15, 0.2) is 26.1 Å². The summed E-state index contributed by atoms with van der Waals surface area (Å²) in [4.78, 5) is 7.32. The number of halogens is 1. The third-order valence-corrected chi connectivity index (χ3v) is 5.48. The molecule has 0 aromatic carbocycles. The molecule has 3 heterocycles. The van der Waals surface area contributed by atoms with Crippen molar-refractivity contribution in [3.8, 4) is 0 Å². The molecule has 168 valence electrons. The van der Waals surface area contributed by atoms with Crippen molar-refractivity contribution in [3.05, 3.63) is 40.7 Å². The van der Waals surface area contributed by atoms with E-state index in [-0.39, 0.29) is 30.0 Å². The Morgan fingerprint density at radius 3 is 2.53 bits per heavy atom. The summed E-state index contributed by atoms with van der Waals surface area (Å²) in [5, 5.41) is 11.1. The van der Waals surface area contributed by atoms with Crippen molar-refractivity contribution in [3.63, 3.8) is 0 Å². The molecule has 1 saturated heterocycles. The predicted octanol–water partition coefficient (Wildman–Crippen LogP) is 4.21. The van der Waals surface area contributed by atoms with Gasteiger partial charge in [0, 0.05) is 25.1 Å². The van der Waals surface area contributed by atoms with E-state index in [9.17, 15) is 0 Å². The standard InChI is InChI=1S/C22H35N5O2.HI/c1-5-18-17(20(6-2)29-26-18)14-24-22(23-7-3)25-15-19(27-12-8-9-13-27)21-11-10-16(4)28-21;/h10-11,19H,5-9,12-15H2,1-4H3,(H2,23,24,25);1H. The van der Waals surface area contributed by atoms with Gasteiger partial charge >= 0.3 is 0 Å². The first-order valence-corrected chi connectivity index (χ1v) is 10.9. The van der Waals surface area contributed by atoms with Crippen molar-refractivity contribution < 1.29 is 8.94 Å². The Balaban J connectivity index is 0.00000320. The number of aromatic nitrogens is 1. The van der Waals surface area contributed by atoms with Crippen molar-refractivity contribution in [2.24, 2.45) is 4.99 Å². The maximum Gasteiger partial charge on any atom is 0.191 e. The Labute approximate surface area is 197 Å². The van der Waals surface area contributed by atoms with Gasteiger partial charge < -0.3 is 19.6 Å². The molecule has 0 radical (unpaired) electrons.